The van der Waals surface area contributed by atoms with Gasteiger partial charge in [-0.2, -0.15) is 0 Å². The van der Waals surface area contributed by atoms with Crippen LogP contribution < -0.4 is 30.5 Å². The van der Waals surface area contributed by atoms with Gasteiger partial charge in [-0.05, 0) is 80.4 Å². The maximum Gasteiger partial charge on any atom is 0.180 e. The number of hydrogen-bond acceptors (Lipinski definition) is 2. The predicted molar refractivity (Wildman–Crippen MR) is 138 cm³/mol. The number of nitrogens with zero attached hydrogens (tertiary/aromatic N) is 2. The van der Waals surface area contributed by atoms with Crippen LogP contribution in [0.4, 0.5) is 20.2 Å². The van der Waals surface area contributed by atoms with Crippen LogP contribution in [-0.4, -0.2) is 36.3 Å². The van der Waals surface area contributed by atoms with Crippen LogP contribution in [0.3, 0.4) is 0 Å². The molecule has 0 fully saturated rings. The summed E-state index contributed by atoms with van der Waals surface area (Å²) in [7, 11) is 5.40. The standard InChI is InChI=1S/C28H26F2N2Si/c1-31(2)21-9-15-27-25(17-21)26-18-22(32(3)4)10-16-28(26)33(27,23-11-5-19(29)6-12-23)24-13-7-20(30)8-14-24/h5-18H,1-4H3. The first kappa shape index (κ1) is 21.4. The first-order valence-electron chi connectivity index (χ1n) is 11.0. The summed E-state index contributed by atoms with van der Waals surface area (Å²) in [6.07, 6.45) is 0. The molecule has 166 valence electrons. The Morgan fingerprint density at radius 1 is 0.515 bits per heavy atom. The van der Waals surface area contributed by atoms with Crippen LogP contribution in [0.15, 0.2) is 84.9 Å². The van der Waals surface area contributed by atoms with Gasteiger partial charge in [0, 0.05) is 39.6 Å². The van der Waals surface area contributed by atoms with Crippen molar-refractivity contribution >= 4 is 40.2 Å². The van der Waals surface area contributed by atoms with Crippen LogP contribution in [0, 0.1) is 11.6 Å². The summed E-state index contributed by atoms with van der Waals surface area (Å²) in [5, 5.41) is 4.67. The van der Waals surface area contributed by atoms with Gasteiger partial charge in [-0.25, -0.2) is 8.78 Å². The number of rotatable bonds is 4. The maximum atomic E-state index is 14.0. The smallest absolute Gasteiger partial charge is 0.180 e. The lowest BCUT2D eigenvalue weighted by Crippen LogP contribution is -2.72. The van der Waals surface area contributed by atoms with Crippen LogP contribution in [0.5, 0.6) is 0 Å². The Bertz CT molecular complexity index is 1220. The van der Waals surface area contributed by atoms with Crippen LogP contribution in [0.25, 0.3) is 11.1 Å². The maximum absolute atomic E-state index is 14.0. The summed E-state index contributed by atoms with van der Waals surface area (Å²) in [5.74, 6) is -0.516. The highest BCUT2D eigenvalue weighted by molar-refractivity contribution is 7.22. The van der Waals surface area contributed by atoms with Gasteiger partial charge in [0.2, 0.25) is 0 Å². The fourth-order valence-electron chi connectivity index (χ4n) is 5.05. The number of benzene rings is 4. The summed E-state index contributed by atoms with van der Waals surface area (Å²) < 4.78 is 28.0. The minimum atomic E-state index is -2.76. The Balaban J connectivity index is 1.92. The normalized spacial score (nSPS) is 13.4. The monoisotopic (exact) mass is 456 g/mol. The van der Waals surface area contributed by atoms with Crippen LogP contribution >= 0.6 is 0 Å². The van der Waals surface area contributed by atoms with E-state index < -0.39 is 8.07 Å². The number of halogens is 2. The molecule has 33 heavy (non-hydrogen) atoms. The van der Waals surface area contributed by atoms with Gasteiger partial charge in [0.1, 0.15) is 11.6 Å². The Morgan fingerprint density at radius 2 is 0.879 bits per heavy atom. The van der Waals surface area contributed by atoms with Crippen molar-refractivity contribution in [2.45, 2.75) is 0 Å². The van der Waals surface area contributed by atoms with Gasteiger partial charge < -0.3 is 9.80 Å². The largest absolute Gasteiger partial charge is 0.378 e. The van der Waals surface area contributed by atoms with Crippen LogP contribution in [0.1, 0.15) is 0 Å². The molecular formula is C28H26F2N2Si. The van der Waals surface area contributed by atoms with Crippen molar-refractivity contribution in [1.82, 2.24) is 0 Å². The molecule has 2 nitrogen and oxygen atoms in total. The van der Waals surface area contributed by atoms with Gasteiger partial charge in [0.15, 0.2) is 8.07 Å². The lowest BCUT2D eigenvalue weighted by atomic mass is 10.0. The number of fused-ring (bicyclic) bond motifs is 3. The first-order valence-corrected chi connectivity index (χ1v) is 13.0. The summed E-state index contributed by atoms with van der Waals surface area (Å²) in [4.78, 5) is 4.21. The zero-order valence-electron chi connectivity index (χ0n) is 19.2. The van der Waals surface area contributed by atoms with Crippen molar-refractivity contribution in [3.63, 3.8) is 0 Å². The minimum absolute atomic E-state index is 0.258. The van der Waals surface area contributed by atoms with E-state index in [1.54, 1.807) is 0 Å². The van der Waals surface area contributed by atoms with Crippen molar-refractivity contribution in [1.29, 1.82) is 0 Å². The average molecular weight is 457 g/mol. The summed E-state index contributed by atoms with van der Waals surface area (Å²) >= 11 is 0. The highest BCUT2D eigenvalue weighted by Gasteiger charge is 2.48. The third-order valence-electron chi connectivity index (χ3n) is 6.69. The minimum Gasteiger partial charge on any atom is -0.378 e. The van der Waals surface area contributed by atoms with Gasteiger partial charge in [-0.1, -0.05) is 36.4 Å². The van der Waals surface area contributed by atoms with E-state index in [0.717, 1.165) is 21.7 Å². The number of hydrogen-bond donors (Lipinski definition) is 0. The second-order valence-electron chi connectivity index (χ2n) is 9.01. The van der Waals surface area contributed by atoms with Crippen LogP contribution in [0.2, 0.25) is 0 Å². The Labute approximate surface area is 194 Å². The zero-order chi connectivity index (χ0) is 23.3. The van der Waals surface area contributed by atoms with E-state index in [-0.39, 0.29) is 11.6 Å². The van der Waals surface area contributed by atoms with Crippen LogP contribution in [-0.2, 0) is 0 Å². The molecule has 1 heterocycles. The van der Waals surface area contributed by atoms with E-state index in [0.29, 0.717) is 0 Å². The topological polar surface area (TPSA) is 6.48 Å². The summed E-state index contributed by atoms with van der Waals surface area (Å²) in [6, 6.07) is 27.0. The molecule has 1 aliphatic rings. The second-order valence-corrected chi connectivity index (χ2v) is 12.7. The lowest BCUT2D eigenvalue weighted by molar-refractivity contribution is 0.628. The van der Waals surface area contributed by atoms with Crippen molar-refractivity contribution in [2.24, 2.45) is 0 Å². The third kappa shape index (κ3) is 3.26. The Morgan fingerprint density at radius 3 is 1.21 bits per heavy atom. The highest BCUT2D eigenvalue weighted by Crippen LogP contribution is 2.33. The second kappa shape index (κ2) is 7.85. The van der Waals surface area contributed by atoms with Gasteiger partial charge >= 0.3 is 0 Å². The quantitative estimate of drug-likeness (QED) is 0.382. The van der Waals surface area contributed by atoms with E-state index in [1.807, 2.05) is 52.5 Å². The predicted octanol–water partition coefficient (Wildman–Crippen LogP) is 3.45. The molecule has 0 amide bonds. The summed E-state index contributed by atoms with van der Waals surface area (Å²) in [5.41, 5.74) is 4.64. The molecule has 0 unspecified atom stereocenters. The molecule has 4 aromatic rings. The molecule has 5 rings (SSSR count). The number of anilines is 2. The molecule has 4 aromatic carbocycles. The molecule has 0 aliphatic carbocycles. The molecule has 0 atom stereocenters. The Kier molecular flexibility index (Phi) is 5.09. The van der Waals surface area contributed by atoms with Gasteiger partial charge in [0.05, 0.1) is 0 Å². The molecule has 0 saturated carbocycles. The van der Waals surface area contributed by atoms with E-state index in [4.69, 9.17) is 0 Å². The van der Waals surface area contributed by atoms with E-state index in [1.165, 1.54) is 45.8 Å². The highest BCUT2D eigenvalue weighted by atomic mass is 28.3. The zero-order valence-corrected chi connectivity index (χ0v) is 20.2. The van der Waals surface area contributed by atoms with E-state index >= 15 is 0 Å². The van der Waals surface area contributed by atoms with Crippen molar-refractivity contribution in [3.05, 3.63) is 96.6 Å². The molecule has 0 aromatic heterocycles. The summed E-state index contributed by atoms with van der Waals surface area (Å²) in [6.45, 7) is 0. The van der Waals surface area contributed by atoms with Crippen molar-refractivity contribution in [2.75, 3.05) is 38.0 Å². The van der Waals surface area contributed by atoms with E-state index in [9.17, 15) is 8.78 Å². The third-order valence-corrected chi connectivity index (χ3v) is 11.6. The van der Waals surface area contributed by atoms with Gasteiger partial charge in [0.25, 0.3) is 0 Å². The molecular weight excluding hydrogens is 430 g/mol. The van der Waals surface area contributed by atoms with Crippen molar-refractivity contribution < 1.29 is 8.78 Å². The fraction of sp³-hybridized carbons (Fsp3) is 0.143. The molecule has 0 bridgehead atoms. The van der Waals surface area contributed by atoms with Gasteiger partial charge in [-0.3, -0.25) is 0 Å². The SMILES string of the molecule is CN(C)c1ccc2c(c1)-c1cc(N(C)C)ccc1[Si]2(c1ccc(F)cc1)c1ccc(F)cc1. The molecule has 0 spiro atoms. The van der Waals surface area contributed by atoms with E-state index in [2.05, 4.69) is 46.2 Å². The first-order chi connectivity index (χ1) is 15.8. The molecule has 1 aliphatic heterocycles. The lowest BCUT2D eigenvalue weighted by Gasteiger charge is -2.31. The fourth-order valence-corrected chi connectivity index (χ4v) is 10.1. The average Bonchev–Trinajstić information content (AvgIpc) is 3.10. The van der Waals surface area contributed by atoms with Crippen molar-refractivity contribution in [3.8, 4) is 11.1 Å². The molecule has 0 N–H and O–H groups in total. The molecule has 5 heteroatoms. The Hall–Kier alpha value is -3.44. The molecule has 0 saturated heterocycles. The molecule has 0 radical (unpaired) electrons. The van der Waals surface area contributed by atoms with Gasteiger partial charge in [-0.15, -0.1) is 0 Å².